The van der Waals surface area contributed by atoms with Crippen molar-refractivity contribution >= 4 is 0 Å². The second kappa shape index (κ2) is 3.53. The molecule has 0 aromatic heterocycles. The first-order valence-electron chi connectivity index (χ1n) is 9.05. The van der Waals surface area contributed by atoms with Gasteiger partial charge < -0.3 is 0 Å². The van der Waals surface area contributed by atoms with Gasteiger partial charge >= 0.3 is 0 Å². The molecule has 0 bridgehead atoms. The Labute approximate surface area is 141 Å². The van der Waals surface area contributed by atoms with Gasteiger partial charge in [-0.25, -0.2) is 0 Å². The minimum absolute atomic E-state index is 0.0953. The van der Waals surface area contributed by atoms with Crippen molar-refractivity contribution < 1.29 is 0 Å². The number of benzene rings is 1. The van der Waals surface area contributed by atoms with Gasteiger partial charge in [0.15, 0.2) is 0 Å². The fraction of sp³-hybridized carbons (Fsp3) is 0.571. The van der Waals surface area contributed by atoms with E-state index in [0.29, 0.717) is 30.1 Å². The minimum Gasteiger partial charge on any atom is -0.197 e. The summed E-state index contributed by atoms with van der Waals surface area (Å²) in [4.78, 5) is 0. The van der Waals surface area contributed by atoms with Crippen molar-refractivity contribution in [3.63, 3.8) is 0 Å². The molecule has 1 aromatic carbocycles. The molecule has 0 saturated heterocycles. The maximum atomic E-state index is 10.2. The van der Waals surface area contributed by atoms with Crippen LogP contribution in [0.15, 0.2) is 24.3 Å². The second-order valence-electron chi connectivity index (χ2n) is 8.65. The maximum absolute atomic E-state index is 10.2. The molecule has 5 aliphatic carbocycles. The molecule has 1 spiro atoms. The third kappa shape index (κ3) is 0.915. The van der Waals surface area contributed by atoms with E-state index in [2.05, 4.69) is 36.4 Å². The molecule has 1 aromatic rings. The fourth-order valence-corrected chi connectivity index (χ4v) is 8.26. The summed E-state index contributed by atoms with van der Waals surface area (Å²) in [6.45, 7) is 0. The normalized spacial score (nSPS) is 50.0. The fourth-order valence-electron chi connectivity index (χ4n) is 8.26. The average Bonchev–Trinajstić information content (AvgIpc) is 2.88. The van der Waals surface area contributed by atoms with Gasteiger partial charge in [0.1, 0.15) is 5.41 Å². The zero-order valence-corrected chi connectivity index (χ0v) is 13.4. The third-order valence-electron chi connectivity index (χ3n) is 8.56. The minimum atomic E-state index is -0.864. The highest BCUT2D eigenvalue weighted by Gasteiger charge is 2.94. The van der Waals surface area contributed by atoms with E-state index >= 15 is 0 Å². The molecule has 4 saturated carbocycles. The van der Waals surface area contributed by atoms with Gasteiger partial charge in [0.25, 0.3) is 0 Å². The van der Waals surface area contributed by atoms with Crippen LogP contribution in [0.2, 0.25) is 0 Å². The summed E-state index contributed by atoms with van der Waals surface area (Å²) in [5.74, 6) is 1.98. The van der Waals surface area contributed by atoms with Gasteiger partial charge in [-0.05, 0) is 60.0 Å². The van der Waals surface area contributed by atoms with Crippen LogP contribution in [-0.2, 0) is 5.41 Å². The van der Waals surface area contributed by atoms with Gasteiger partial charge in [-0.2, -0.15) is 15.8 Å². The van der Waals surface area contributed by atoms with Gasteiger partial charge in [-0.15, -0.1) is 0 Å². The molecule has 24 heavy (non-hydrogen) atoms. The van der Waals surface area contributed by atoms with Crippen LogP contribution in [0.3, 0.4) is 0 Å². The Balaban J connectivity index is 1.66. The van der Waals surface area contributed by atoms with Crippen molar-refractivity contribution in [3.8, 4) is 18.2 Å². The Morgan fingerprint density at radius 1 is 1.00 bits per heavy atom. The van der Waals surface area contributed by atoms with E-state index in [4.69, 9.17) is 0 Å². The predicted molar refractivity (Wildman–Crippen MR) is 85.0 cm³/mol. The van der Waals surface area contributed by atoms with Crippen molar-refractivity contribution in [2.45, 2.75) is 37.0 Å². The molecular formula is C21H17N3. The molecule has 0 heterocycles. The first-order valence-corrected chi connectivity index (χ1v) is 9.05. The summed E-state index contributed by atoms with van der Waals surface area (Å²) in [7, 11) is 0. The van der Waals surface area contributed by atoms with E-state index in [9.17, 15) is 15.8 Å². The standard InChI is InChI=1S/C21H17N3/c22-9-19(10-23)8-20-17-13(5-3-7-15(17)19)16-12-4-1-2-6-14(12)21(20,11-24)18(16)20/h1-2,4,6,13,15-18H,3,5,7-8H2/t13-,15-,16-,17+,18-,20?,21+/m0/s1. The summed E-state index contributed by atoms with van der Waals surface area (Å²) in [5.41, 5.74) is 1.25. The Kier molecular flexibility index (Phi) is 1.92. The van der Waals surface area contributed by atoms with Gasteiger partial charge in [0.05, 0.1) is 23.6 Å². The topological polar surface area (TPSA) is 71.4 Å². The van der Waals surface area contributed by atoms with E-state index in [-0.39, 0.29) is 11.3 Å². The van der Waals surface area contributed by atoms with Crippen LogP contribution >= 0.6 is 0 Å². The predicted octanol–water partition coefficient (Wildman–Crippen LogP) is 3.64. The van der Waals surface area contributed by atoms with Gasteiger partial charge in [0, 0.05) is 5.41 Å². The molecule has 116 valence electrons. The van der Waals surface area contributed by atoms with Crippen molar-refractivity contribution in [2.24, 2.45) is 34.5 Å². The highest BCUT2D eigenvalue weighted by Crippen LogP contribution is 2.94. The Morgan fingerprint density at radius 2 is 1.79 bits per heavy atom. The van der Waals surface area contributed by atoms with Gasteiger partial charge in [0.2, 0.25) is 0 Å². The largest absolute Gasteiger partial charge is 0.197 e. The summed E-state index contributed by atoms with van der Waals surface area (Å²) in [5, 5.41) is 30.0. The number of nitrogens with zero attached hydrogens (tertiary/aromatic N) is 3. The van der Waals surface area contributed by atoms with Gasteiger partial charge in [-0.1, -0.05) is 30.7 Å². The SMILES string of the molecule is N#CC1(C#N)CC23[C@@H]4[C@@H](CCC[C@@H]41)[C@@H]1c4ccccc4[C@]2(C#N)[C@@H]13. The second-order valence-corrected chi connectivity index (χ2v) is 8.65. The van der Waals surface area contributed by atoms with E-state index < -0.39 is 10.8 Å². The molecule has 5 aliphatic rings. The number of fused-ring (bicyclic) bond motifs is 4. The molecule has 6 rings (SSSR count). The summed E-state index contributed by atoms with van der Waals surface area (Å²) < 4.78 is 0. The lowest BCUT2D eigenvalue weighted by Crippen LogP contribution is -2.35. The molecular weight excluding hydrogens is 294 g/mol. The zero-order chi connectivity index (χ0) is 16.3. The molecule has 3 heteroatoms. The van der Waals surface area contributed by atoms with E-state index in [1.54, 1.807) is 0 Å². The van der Waals surface area contributed by atoms with Crippen LogP contribution < -0.4 is 0 Å². The summed E-state index contributed by atoms with van der Waals surface area (Å²) in [6, 6.07) is 16.1. The zero-order valence-electron chi connectivity index (χ0n) is 13.4. The summed E-state index contributed by atoms with van der Waals surface area (Å²) in [6.07, 6.45) is 3.94. The Bertz CT molecular complexity index is 914. The van der Waals surface area contributed by atoms with Crippen molar-refractivity contribution in [2.75, 3.05) is 0 Å². The van der Waals surface area contributed by atoms with Crippen molar-refractivity contribution in [1.29, 1.82) is 15.8 Å². The Hall–Kier alpha value is -2.31. The monoisotopic (exact) mass is 311 g/mol. The number of hydrogen-bond acceptors (Lipinski definition) is 3. The van der Waals surface area contributed by atoms with Crippen LogP contribution in [0.25, 0.3) is 0 Å². The first kappa shape index (κ1) is 13.0. The first-order chi connectivity index (χ1) is 11.7. The third-order valence-corrected chi connectivity index (χ3v) is 8.56. The van der Waals surface area contributed by atoms with Gasteiger partial charge in [-0.3, -0.25) is 0 Å². The number of rotatable bonds is 0. The summed E-state index contributed by atoms with van der Waals surface area (Å²) >= 11 is 0. The molecule has 1 unspecified atom stereocenters. The molecule has 3 nitrogen and oxygen atoms in total. The molecule has 0 amide bonds. The molecule has 4 fully saturated rings. The quantitative estimate of drug-likeness (QED) is 0.734. The van der Waals surface area contributed by atoms with E-state index in [1.165, 1.54) is 17.5 Å². The van der Waals surface area contributed by atoms with Crippen molar-refractivity contribution in [3.05, 3.63) is 35.4 Å². The van der Waals surface area contributed by atoms with Crippen molar-refractivity contribution in [1.82, 2.24) is 0 Å². The lowest BCUT2D eigenvalue weighted by Gasteiger charge is -2.38. The lowest BCUT2D eigenvalue weighted by molar-refractivity contribution is 0.123. The average molecular weight is 311 g/mol. The highest BCUT2D eigenvalue weighted by molar-refractivity contribution is 5.66. The van der Waals surface area contributed by atoms with E-state index in [0.717, 1.165) is 12.8 Å². The molecule has 0 radical (unpaired) electrons. The van der Waals surface area contributed by atoms with Crippen LogP contribution in [0.1, 0.15) is 42.7 Å². The van der Waals surface area contributed by atoms with Crippen LogP contribution in [0, 0.1) is 68.5 Å². The number of hydrogen-bond donors (Lipinski definition) is 0. The van der Waals surface area contributed by atoms with Crippen LogP contribution in [0.4, 0.5) is 0 Å². The number of nitriles is 3. The maximum Gasteiger partial charge on any atom is 0.147 e. The van der Waals surface area contributed by atoms with Crippen LogP contribution in [0.5, 0.6) is 0 Å². The highest BCUT2D eigenvalue weighted by atomic mass is 14.9. The molecule has 7 atom stereocenters. The van der Waals surface area contributed by atoms with E-state index in [1.807, 2.05) is 6.07 Å². The smallest absolute Gasteiger partial charge is 0.147 e. The lowest BCUT2D eigenvalue weighted by atomic mass is 9.64. The molecule has 0 aliphatic heterocycles. The van der Waals surface area contributed by atoms with Crippen LogP contribution in [-0.4, -0.2) is 0 Å². The Morgan fingerprint density at radius 3 is 2.54 bits per heavy atom. The molecule has 0 N–H and O–H groups in total.